The minimum Gasteiger partial charge on any atom is -0.492 e. The molecule has 0 amide bonds. The first-order chi connectivity index (χ1) is 24.5. The van der Waals surface area contributed by atoms with E-state index >= 15 is 0 Å². The quantitative estimate of drug-likeness (QED) is 0.120. The normalized spacial score (nSPS) is 18.5. The van der Waals surface area contributed by atoms with Gasteiger partial charge in [0.2, 0.25) is 11.7 Å². The van der Waals surface area contributed by atoms with Gasteiger partial charge < -0.3 is 34.7 Å². The van der Waals surface area contributed by atoms with Crippen LogP contribution in [0.1, 0.15) is 48.4 Å². The SMILES string of the molecule is Cc1nc(-c2ccc(N3CCC4(CC3)COc3ccccc34)nn2)no1.NC(=NO)c1ccc(N2CCC3(CC2)COc2ccccc23)nn1. The van der Waals surface area contributed by atoms with E-state index in [9.17, 15) is 0 Å². The van der Waals surface area contributed by atoms with Gasteiger partial charge in [0.1, 0.15) is 22.9 Å². The number of para-hydroxylation sites is 2. The standard InChI is InChI=1S/C19H19N5O2.C17H19N5O2/c1-13-20-18(23-26-13)15-6-7-17(22-21-15)24-10-8-19(9-11-24)12-25-16-5-3-2-4-14(16)19;18-16(21-23)13-5-6-15(20-19-13)22-9-7-17(8-10-22)11-24-14-4-2-1-3-12(14)17/h2-7H,8-12H2,1H3;1-6,23H,7-11H2,(H2,18,21). The predicted octanol–water partition coefficient (Wildman–Crippen LogP) is 4.27. The van der Waals surface area contributed by atoms with E-state index < -0.39 is 0 Å². The Labute approximate surface area is 288 Å². The number of fused-ring (bicyclic) bond motifs is 4. The van der Waals surface area contributed by atoms with Crippen molar-refractivity contribution in [2.45, 2.75) is 43.4 Å². The Bertz CT molecular complexity index is 1980. The van der Waals surface area contributed by atoms with E-state index in [-0.39, 0.29) is 16.7 Å². The second-order valence-electron chi connectivity index (χ2n) is 13.3. The van der Waals surface area contributed by atoms with Crippen molar-refractivity contribution in [3.63, 3.8) is 0 Å². The van der Waals surface area contributed by atoms with Gasteiger partial charge in [-0.05, 0) is 62.1 Å². The van der Waals surface area contributed by atoms with Crippen molar-refractivity contribution in [3.05, 3.63) is 95.5 Å². The zero-order valence-electron chi connectivity index (χ0n) is 27.8. The van der Waals surface area contributed by atoms with E-state index in [1.54, 1.807) is 13.0 Å². The average Bonchev–Trinajstić information content (AvgIpc) is 3.88. The van der Waals surface area contributed by atoms with Crippen LogP contribution in [-0.2, 0) is 10.8 Å². The maximum Gasteiger partial charge on any atom is 0.223 e. The van der Waals surface area contributed by atoms with E-state index in [4.69, 9.17) is 24.9 Å². The Morgan fingerprint density at radius 1 is 0.720 bits per heavy atom. The van der Waals surface area contributed by atoms with Crippen LogP contribution in [0, 0.1) is 6.92 Å². The molecule has 14 nitrogen and oxygen atoms in total. The summed E-state index contributed by atoms with van der Waals surface area (Å²) >= 11 is 0. The van der Waals surface area contributed by atoms with E-state index in [0.717, 1.165) is 88.2 Å². The number of nitrogens with two attached hydrogens (primary N) is 1. The number of nitrogens with zero attached hydrogens (tertiary/aromatic N) is 9. The Balaban J connectivity index is 0.000000145. The summed E-state index contributed by atoms with van der Waals surface area (Å²) in [4.78, 5) is 8.68. The van der Waals surface area contributed by atoms with Gasteiger partial charge in [0.05, 0.1) is 13.2 Å². The molecule has 5 aromatic rings. The summed E-state index contributed by atoms with van der Waals surface area (Å²) in [5.74, 6) is 4.72. The minimum atomic E-state index is -0.0358. The lowest BCUT2D eigenvalue weighted by Crippen LogP contribution is -2.44. The largest absolute Gasteiger partial charge is 0.492 e. The number of aryl methyl sites for hydroxylation is 1. The van der Waals surface area contributed by atoms with E-state index in [1.165, 1.54) is 11.1 Å². The maximum atomic E-state index is 8.68. The van der Waals surface area contributed by atoms with E-state index in [2.05, 4.69) is 75.8 Å². The molecule has 14 heteroatoms. The summed E-state index contributed by atoms with van der Waals surface area (Å²) in [5, 5.41) is 32.3. The van der Waals surface area contributed by atoms with Gasteiger partial charge in [-0.25, -0.2) is 0 Å². The molecule has 0 aliphatic carbocycles. The first-order valence-electron chi connectivity index (χ1n) is 16.9. The zero-order chi connectivity index (χ0) is 34.1. The first-order valence-corrected chi connectivity index (χ1v) is 16.9. The van der Waals surface area contributed by atoms with Gasteiger partial charge in [0.25, 0.3) is 0 Å². The van der Waals surface area contributed by atoms with Gasteiger partial charge in [-0.15, -0.1) is 20.4 Å². The van der Waals surface area contributed by atoms with E-state index in [0.29, 0.717) is 23.1 Å². The minimum absolute atomic E-state index is 0.0358. The van der Waals surface area contributed by atoms with Gasteiger partial charge in [0.15, 0.2) is 17.5 Å². The fourth-order valence-corrected chi connectivity index (χ4v) is 7.50. The molecule has 3 N–H and O–H groups in total. The highest BCUT2D eigenvalue weighted by Crippen LogP contribution is 2.47. The van der Waals surface area contributed by atoms with Gasteiger partial charge in [-0.3, -0.25) is 0 Å². The number of anilines is 2. The summed E-state index contributed by atoms with van der Waals surface area (Å²) in [5.41, 5.74) is 9.45. The molecular formula is C36H38N10O4. The van der Waals surface area contributed by atoms with Crippen molar-refractivity contribution < 1.29 is 19.2 Å². The molecule has 4 aliphatic heterocycles. The molecule has 0 saturated carbocycles. The van der Waals surface area contributed by atoms with Crippen LogP contribution in [0.15, 0.2) is 82.5 Å². The van der Waals surface area contributed by atoms with Gasteiger partial charge >= 0.3 is 0 Å². The second kappa shape index (κ2) is 12.9. The van der Waals surface area contributed by atoms with Crippen molar-refractivity contribution in [1.29, 1.82) is 0 Å². The van der Waals surface area contributed by atoms with Crippen LogP contribution in [-0.4, -0.2) is 81.0 Å². The lowest BCUT2D eigenvalue weighted by molar-refractivity contribution is 0.230. The molecule has 0 unspecified atom stereocenters. The maximum absolute atomic E-state index is 8.68. The number of hydrogen-bond acceptors (Lipinski definition) is 13. The number of piperidine rings is 2. The van der Waals surface area contributed by atoms with Gasteiger partial charge in [0, 0.05) is 55.1 Å². The number of oxime groups is 1. The Morgan fingerprint density at radius 2 is 1.26 bits per heavy atom. The molecule has 2 fully saturated rings. The fourth-order valence-electron chi connectivity index (χ4n) is 7.50. The predicted molar refractivity (Wildman–Crippen MR) is 185 cm³/mol. The van der Waals surface area contributed by atoms with Crippen molar-refractivity contribution in [2.24, 2.45) is 10.9 Å². The highest BCUT2D eigenvalue weighted by atomic mass is 16.5. The molecule has 0 atom stereocenters. The van der Waals surface area contributed by atoms with Crippen LogP contribution < -0.4 is 25.0 Å². The Hall–Kier alpha value is -5.79. The molecule has 0 bridgehead atoms. The number of aromatic nitrogens is 6. The molecule has 3 aromatic heterocycles. The third kappa shape index (κ3) is 5.80. The molecule has 4 aliphatic rings. The van der Waals surface area contributed by atoms with Crippen LogP contribution in [0.2, 0.25) is 0 Å². The number of hydrogen-bond donors (Lipinski definition) is 2. The summed E-state index contributed by atoms with van der Waals surface area (Å²) in [6, 6.07) is 24.2. The average molecular weight is 675 g/mol. The van der Waals surface area contributed by atoms with Crippen molar-refractivity contribution in [3.8, 4) is 23.0 Å². The van der Waals surface area contributed by atoms with Crippen molar-refractivity contribution >= 4 is 17.5 Å². The Kier molecular flexibility index (Phi) is 8.13. The number of rotatable bonds is 4. The summed E-state index contributed by atoms with van der Waals surface area (Å²) < 4.78 is 16.8. The van der Waals surface area contributed by atoms with Crippen molar-refractivity contribution in [1.82, 2.24) is 30.5 Å². The van der Waals surface area contributed by atoms with Crippen LogP contribution in [0.3, 0.4) is 0 Å². The monoisotopic (exact) mass is 674 g/mol. The lowest BCUT2D eigenvalue weighted by atomic mass is 9.74. The van der Waals surface area contributed by atoms with Gasteiger partial charge in [-0.1, -0.05) is 46.7 Å². The third-order valence-corrected chi connectivity index (χ3v) is 10.4. The molecule has 256 valence electrons. The number of amidine groups is 1. The summed E-state index contributed by atoms with van der Waals surface area (Å²) in [6.45, 7) is 6.97. The van der Waals surface area contributed by atoms with Crippen LogP contribution in [0.25, 0.3) is 11.5 Å². The molecule has 2 saturated heterocycles. The number of benzene rings is 2. The third-order valence-electron chi connectivity index (χ3n) is 10.4. The van der Waals surface area contributed by atoms with Gasteiger partial charge in [-0.2, -0.15) is 4.98 Å². The molecule has 7 heterocycles. The Morgan fingerprint density at radius 3 is 1.72 bits per heavy atom. The smallest absolute Gasteiger partial charge is 0.223 e. The van der Waals surface area contributed by atoms with Crippen LogP contribution >= 0.6 is 0 Å². The summed E-state index contributed by atoms with van der Waals surface area (Å²) in [6.07, 6.45) is 4.15. The topological polar surface area (TPSA) is 174 Å². The highest BCUT2D eigenvalue weighted by Gasteiger charge is 2.44. The van der Waals surface area contributed by atoms with E-state index in [1.807, 2.05) is 36.4 Å². The highest BCUT2D eigenvalue weighted by molar-refractivity contribution is 5.95. The lowest BCUT2D eigenvalue weighted by Gasteiger charge is -2.38. The molecule has 50 heavy (non-hydrogen) atoms. The molecule has 9 rings (SSSR count). The molecule has 2 aromatic carbocycles. The zero-order valence-corrected chi connectivity index (χ0v) is 27.8. The second-order valence-corrected chi connectivity index (χ2v) is 13.3. The fraction of sp³-hybridized carbons (Fsp3) is 0.361. The number of ether oxygens (including phenoxy) is 2. The molecular weight excluding hydrogens is 636 g/mol. The molecule has 2 spiro atoms. The van der Waals surface area contributed by atoms with Crippen molar-refractivity contribution in [2.75, 3.05) is 49.2 Å². The first kappa shape index (κ1) is 31.5. The van der Waals surface area contributed by atoms with Crippen LogP contribution in [0.4, 0.5) is 11.6 Å². The summed E-state index contributed by atoms with van der Waals surface area (Å²) in [7, 11) is 0. The molecule has 0 radical (unpaired) electrons. The van der Waals surface area contributed by atoms with Crippen LogP contribution in [0.5, 0.6) is 11.5 Å².